The smallest absolute Gasteiger partial charge is 0.222 e. The van der Waals surface area contributed by atoms with E-state index in [4.69, 9.17) is 5.73 Å². The highest BCUT2D eigenvalue weighted by Crippen LogP contribution is 2.14. The summed E-state index contributed by atoms with van der Waals surface area (Å²) in [5, 5.41) is 2.06. The molecular weight excluding hydrogens is 220 g/mol. The van der Waals surface area contributed by atoms with Crippen LogP contribution in [0.4, 0.5) is 0 Å². The largest absolute Gasteiger partial charge is 0.343 e. The monoisotopic (exact) mass is 238 g/mol. The van der Waals surface area contributed by atoms with Crippen molar-refractivity contribution in [3.05, 3.63) is 22.4 Å². The van der Waals surface area contributed by atoms with E-state index >= 15 is 0 Å². The van der Waals surface area contributed by atoms with Gasteiger partial charge in [0.15, 0.2) is 0 Å². The van der Waals surface area contributed by atoms with E-state index in [2.05, 4.69) is 11.4 Å². The molecule has 1 aliphatic heterocycles. The third-order valence-electron chi connectivity index (χ3n) is 3.06. The first kappa shape index (κ1) is 11.6. The SMILES string of the molecule is NC1CCN(C(=O)CCc2cccs2)CC1. The van der Waals surface area contributed by atoms with Crippen molar-refractivity contribution in [2.45, 2.75) is 31.7 Å². The van der Waals surface area contributed by atoms with Gasteiger partial charge in [-0.2, -0.15) is 0 Å². The molecule has 0 aliphatic carbocycles. The highest BCUT2D eigenvalue weighted by atomic mass is 32.1. The molecule has 4 heteroatoms. The Morgan fingerprint density at radius 3 is 2.88 bits per heavy atom. The fourth-order valence-corrected chi connectivity index (χ4v) is 2.70. The van der Waals surface area contributed by atoms with Gasteiger partial charge in [-0.3, -0.25) is 4.79 Å². The maximum Gasteiger partial charge on any atom is 0.222 e. The maximum absolute atomic E-state index is 11.9. The van der Waals surface area contributed by atoms with Crippen molar-refractivity contribution in [1.29, 1.82) is 0 Å². The van der Waals surface area contributed by atoms with Gasteiger partial charge in [0, 0.05) is 30.4 Å². The number of likely N-dealkylation sites (tertiary alicyclic amines) is 1. The molecule has 0 saturated carbocycles. The van der Waals surface area contributed by atoms with Crippen LogP contribution in [0.15, 0.2) is 17.5 Å². The minimum absolute atomic E-state index is 0.278. The minimum atomic E-state index is 0.278. The molecule has 0 atom stereocenters. The number of carbonyl (C=O) groups is 1. The zero-order chi connectivity index (χ0) is 11.4. The van der Waals surface area contributed by atoms with Crippen LogP contribution in [0.1, 0.15) is 24.1 Å². The van der Waals surface area contributed by atoms with Crippen molar-refractivity contribution < 1.29 is 4.79 Å². The highest BCUT2D eigenvalue weighted by molar-refractivity contribution is 7.09. The van der Waals surface area contributed by atoms with E-state index in [1.165, 1.54) is 4.88 Å². The van der Waals surface area contributed by atoms with Gasteiger partial charge in [-0.15, -0.1) is 11.3 Å². The molecule has 0 radical (unpaired) electrons. The number of thiophene rings is 1. The molecule has 3 nitrogen and oxygen atoms in total. The van der Waals surface area contributed by atoms with Gasteiger partial charge in [0.05, 0.1) is 0 Å². The van der Waals surface area contributed by atoms with Crippen molar-refractivity contribution in [2.75, 3.05) is 13.1 Å². The van der Waals surface area contributed by atoms with Crippen LogP contribution in [-0.4, -0.2) is 29.9 Å². The Morgan fingerprint density at radius 1 is 1.50 bits per heavy atom. The number of nitrogens with two attached hydrogens (primary N) is 1. The number of rotatable bonds is 3. The summed E-state index contributed by atoms with van der Waals surface area (Å²) in [4.78, 5) is 15.1. The van der Waals surface area contributed by atoms with Crippen LogP contribution in [0.5, 0.6) is 0 Å². The number of hydrogen-bond acceptors (Lipinski definition) is 3. The van der Waals surface area contributed by atoms with Crippen molar-refractivity contribution in [3.8, 4) is 0 Å². The first-order valence-corrected chi connectivity index (χ1v) is 6.69. The lowest BCUT2D eigenvalue weighted by Crippen LogP contribution is -2.42. The molecule has 2 N–H and O–H groups in total. The molecule has 0 bridgehead atoms. The van der Waals surface area contributed by atoms with E-state index in [0.29, 0.717) is 12.5 Å². The van der Waals surface area contributed by atoms with Gasteiger partial charge in [0.25, 0.3) is 0 Å². The summed E-state index contributed by atoms with van der Waals surface area (Å²) in [6.45, 7) is 1.68. The van der Waals surface area contributed by atoms with Gasteiger partial charge < -0.3 is 10.6 Å². The Balaban J connectivity index is 1.75. The summed E-state index contributed by atoms with van der Waals surface area (Å²) in [6.07, 6.45) is 3.41. The molecule has 16 heavy (non-hydrogen) atoms. The number of hydrogen-bond donors (Lipinski definition) is 1. The molecule has 0 aromatic carbocycles. The third kappa shape index (κ3) is 3.06. The molecule has 0 spiro atoms. The van der Waals surface area contributed by atoms with Crippen molar-refractivity contribution in [2.24, 2.45) is 5.73 Å². The summed E-state index contributed by atoms with van der Waals surface area (Å²) in [6, 6.07) is 4.41. The van der Waals surface area contributed by atoms with E-state index < -0.39 is 0 Å². The average Bonchev–Trinajstić information content (AvgIpc) is 2.80. The van der Waals surface area contributed by atoms with Crippen molar-refractivity contribution in [3.63, 3.8) is 0 Å². The van der Waals surface area contributed by atoms with Crippen LogP contribution < -0.4 is 5.73 Å². The Morgan fingerprint density at radius 2 is 2.25 bits per heavy atom. The van der Waals surface area contributed by atoms with Gasteiger partial charge in [-0.1, -0.05) is 6.07 Å². The maximum atomic E-state index is 11.9. The van der Waals surface area contributed by atoms with Crippen LogP contribution in [0.25, 0.3) is 0 Å². The predicted octanol–water partition coefficient (Wildman–Crippen LogP) is 1.63. The van der Waals surface area contributed by atoms with Crippen LogP contribution in [-0.2, 0) is 11.2 Å². The van der Waals surface area contributed by atoms with Gasteiger partial charge in [-0.05, 0) is 30.7 Å². The zero-order valence-electron chi connectivity index (χ0n) is 9.39. The van der Waals surface area contributed by atoms with E-state index in [1.54, 1.807) is 11.3 Å². The Bertz CT molecular complexity index is 329. The standard InChI is InChI=1S/C12H18N2OS/c13-10-5-7-14(8-6-10)12(15)4-3-11-2-1-9-16-11/h1-2,9-10H,3-8,13H2. The second-order valence-corrected chi connectivity index (χ2v) is 5.33. The van der Waals surface area contributed by atoms with Crippen LogP contribution >= 0.6 is 11.3 Å². The van der Waals surface area contributed by atoms with Crippen molar-refractivity contribution >= 4 is 17.2 Å². The fraction of sp³-hybridized carbons (Fsp3) is 0.583. The first-order valence-electron chi connectivity index (χ1n) is 5.81. The van der Waals surface area contributed by atoms with E-state index in [0.717, 1.165) is 32.4 Å². The molecule has 2 heterocycles. The van der Waals surface area contributed by atoms with Gasteiger partial charge in [-0.25, -0.2) is 0 Å². The molecule has 1 amide bonds. The van der Waals surface area contributed by atoms with Crippen LogP contribution in [0, 0.1) is 0 Å². The number of aryl methyl sites for hydroxylation is 1. The third-order valence-corrected chi connectivity index (χ3v) is 3.99. The Kier molecular flexibility index (Phi) is 3.96. The second-order valence-electron chi connectivity index (χ2n) is 4.30. The number of carbonyl (C=O) groups excluding carboxylic acids is 1. The molecule has 88 valence electrons. The lowest BCUT2D eigenvalue weighted by Gasteiger charge is -2.30. The lowest BCUT2D eigenvalue weighted by atomic mass is 10.1. The normalized spacial score (nSPS) is 17.7. The zero-order valence-corrected chi connectivity index (χ0v) is 10.2. The fourth-order valence-electron chi connectivity index (χ4n) is 1.99. The lowest BCUT2D eigenvalue weighted by molar-refractivity contribution is -0.132. The first-order chi connectivity index (χ1) is 7.75. The van der Waals surface area contributed by atoms with E-state index in [-0.39, 0.29) is 5.91 Å². The number of amides is 1. The van der Waals surface area contributed by atoms with E-state index in [1.807, 2.05) is 11.0 Å². The van der Waals surface area contributed by atoms with E-state index in [9.17, 15) is 4.79 Å². The van der Waals surface area contributed by atoms with Gasteiger partial charge >= 0.3 is 0 Å². The minimum Gasteiger partial charge on any atom is -0.343 e. The molecule has 1 aromatic heterocycles. The topological polar surface area (TPSA) is 46.3 Å². The summed E-state index contributed by atoms with van der Waals surface area (Å²) in [5.41, 5.74) is 5.81. The van der Waals surface area contributed by atoms with Crippen LogP contribution in [0.3, 0.4) is 0 Å². The summed E-state index contributed by atoms with van der Waals surface area (Å²) < 4.78 is 0. The molecular formula is C12H18N2OS. The number of piperidine rings is 1. The summed E-state index contributed by atoms with van der Waals surface area (Å²) in [7, 11) is 0. The van der Waals surface area contributed by atoms with Gasteiger partial charge in [0.2, 0.25) is 5.91 Å². The molecule has 0 unspecified atom stereocenters. The molecule has 2 rings (SSSR count). The molecule has 1 aliphatic rings. The molecule has 1 saturated heterocycles. The summed E-state index contributed by atoms with van der Waals surface area (Å²) in [5.74, 6) is 0.278. The van der Waals surface area contributed by atoms with Crippen molar-refractivity contribution in [1.82, 2.24) is 4.90 Å². The molecule has 1 aromatic rings. The molecule has 1 fully saturated rings. The Hall–Kier alpha value is -0.870. The highest BCUT2D eigenvalue weighted by Gasteiger charge is 2.19. The average molecular weight is 238 g/mol. The van der Waals surface area contributed by atoms with Crippen LogP contribution in [0.2, 0.25) is 0 Å². The predicted molar refractivity (Wildman–Crippen MR) is 66.4 cm³/mol. The second kappa shape index (κ2) is 5.46. The summed E-state index contributed by atoms with van der Waals surface area (Å²) >= 11 is 1.72. The Labute approximate surface area is 100 Å². The van der Waals surface area contributed by atoms with Gasteiger partial charge in [0.1, 0.15) is 0 Å². The number of nitrogens with zero attached hydrogens (tertiary/aromatic N) is 1. The quantitative estimate of drug-likeness (QED) is 0.870.